The molecular formula is C23H21IN2O5. The minimum atomic E-state index is -0.777. The summed E-state index contributed by atoms with van der Waals surface area (Å²) in [5.74, 6) is -0.454. The van der Waals surface area contributed by atoms with Crippen molar-refractivity contribution in [2.24, 2.45) is 0 Å². The Kier molecular flexibility index (Phi) is 6.79. The lowest BCUT2D eigenvalue weighted by Gasteiger charge is -2.27. The first-order valence-electron chi connectivity index (χ1n) is 9.36. The van der Waals surface area contributed by atoms with Crippen molar-refractivity contribution in [1.29, 1.82) is 0 Å². The summed E-state index contributed by atoms with van der Waals surface area (Å²) in [4.78, 5) is 39.1. The standard InChI is InChI=1S/C23H21IN2O5/c1-5-8-31-20-17(24)11-15(12-19(20)30-4)10-16-21(27)25-23(29)26(22(16)28)18-9-13(2)6-7-14(18)3/h5-7,9-12H,1,8H2,2-4H3,(H,25,27,29)/b16-10+. The van der Waals surface area contributed by atoms with Crippen LogP contribution in [-0.4, -0.2) is 31.6 Å². The second-order valence-corrected chi connectivity index (χ2v) is 8.04. The third-order valence-electron chi connectivity index (χ3n) is 4.62. The molecule has 2 aromatic carbocycles. The number of hydrogen-bond donors (Lipinski definition) is 1. The highest BCUT2D eigenvalue weighted by molar-refractivity contribution is 14.1. The van der Waals surface area contributed by atoms with E-state index in [0.717, 1.165) is 19.6 Å². The zero-order valence-electron chi connectivity index (χ0n) is 17.3. The number of anilines is 1. The summed E-state index contributed by atoms with van der Waals surface area (Å²) in [6, 6.07) is 8.08. The zero-order valence-corrected chi connectivity index (χ0v) is 19.5. The van der Waals surface area contributed by atoms with E-state index in [1.807, 2.05) is 19.1 Å². The molecule has 1 saturated heterocycles. The van der Waals surface area contributed by atoms with E-state index in [-0.39, 0.29) is 5.57 Å². The number of hydrogen-bond acceptors (Lipinski definition) is 5. The van der Waals surface area contributed by atoms with E-state index >= 15 is 0 Å². The van der Waals surface area contributed by atoms with E-state index in [9.17, 15) is 14.4 Å². The Morgan fingerprint density at radius 2 is 1.90 bits per heavy atom. The number of rotatable bonds is 6. The molecule has 4 amide bonds. The highest BCUT2D eigenvalue weighted by Gasteiger charge is 2.37. The van der Waals surface area contributed by atoms with Crippen LogP contribution in [0.15, 0.2) is 48.6 Å². The molecule has 7 nitrogen and oxygen atoms in total. The normalized spacial score (nSPS) is 15.2. The summed E-state index contributed by atoms with van der Waals surface area (Å²) in [5, 5.41) is 2.25. The van der Waals surface area contributed by atoms with Crippen LogP contribution >= 0.6 is 22.6 Å². The molecule has 160 valence electrons. The molecule has 0 aliphatic carbocycles. The maximum absolute atomic E-state index is 13.2. The third-order valence-corrected chi connectivity index (χ3v) is 5.42. The van der Waals surface area contributed by atoms with Crippen molar-refractivity contribution >= 4 is 52.2 Å². The Bertz CT molecular complexity index is 1120. The molecule has 0 radical (unpaired) electrons. The number of benzene rings is 2. The summed E-state index contributed by atoms with van der Waals surface area (Å²) in [7, 11) is 1.50. The van der Waals surface area contributed by atoms with E-state index in [0.29, 0.717) is 29.4 Å². The first kappa shape index (κ1) is 22.5. The average Bonchev–Trinajstić information content (AvgIpc) is 2.72. The molecule has 1 aliphatic heterocycles. The number of imide groups is 2. The number of aryl methyl sites for hydroxylation is 2. The third kappa shape index (κ3) is 4.63. The predicted octanol–water partition coefficient (Wildman–Crippen LogP) is 4.15. The second-order valence-electron chi connectivity index (χ2n) is 6.88. The number of nitrogens with zero attached hydrogens (tertiary/aromatic N) is 1. The van der Waals surface area contributed by atoms with Gasteiger partial charge >= 0.3 is 6.03 Å². The molecule has 0 saturated carbocycles. The lowest BCUT2D eigenvalue weighted by molar-refractivity contribution is -0.122. The smallest absolute Gasteiger partial charge is 0.335 e. The Hall–Kier alpha value is -3.14. The molecule has 8 heteroatoms. The summed E-state index contributed by atoms with van der Waals surface area (Å²) in [6.45, 7) is 7.59. The summed E-state index contributed by atoms with van der Waals surface area (Å²) in [5.41, 5.74) is 2.46. The van der Waals surface area contributed by atoms with Crippen LogP contribution in [0.5, 0.6) is 11.5 Å². The van der Waals surface area contributed by atoms with Crippen LogP contribution in [0.1, 0.15) is 16.7 Å². The van der Waals surface area contributed by atoms with Gasteiger partial charge in [-0.2, -0.15) is 0 Å². The molecule has 1 aliphatic rings. The number of ether oxygens (including phenoxy) is 2. The molecule has 2 aromatic rings. The van der Waals surface area contributed by atoms with Gasteiger partial charge in [-0.1, -0.05) is 24.8 Å². The first-order chi connectivity index (χ1) is 14.8. The SMILES string of the molecule is C=CCOc1c(I)cc(/C=C2\C(=O)NC(=O)N(c3cc(C)ccc3C)C2=O)cc1OC. The van der Waals surface area contributed by atoms with E-state index in [1.54, 1.807) is 31.2 Å². The molecule has 31 heavy (non-hydrogen) atoms. The minimum Gasteiger partial charge on any atom is -0.493 e. The van der Waals surface area contributed by atoms with Crippen molar-refractivity contribution in [3.8, 4) is 11.5 Å². The van der Waals surface area contributed by atoms with E-state index in [2.05, 4.69) is 34.5 Å². The zero-order chi connectivity index (χ0) is 22.7. The van der Waals surface area contributed by atoms with Gasteiger partial charge in [-0.3, -0.25) is 14.9 Å². The number of carbonyl (C=O) groups is 3. The van der Waals surface area contributed by atoms with Gasteiger partial charge in [0.1, 0.15) is 12.2 Å². The lowest BCUT2D eigenvalue weighted by atomic mass is 10.0. The number of nitrogens with one attached hydrogen (secondary N) is 1. The molecule has 0 bridgehead atoms. The fraction of sp³-hybridized carbons (Fsp3) is 0.174. The molecule has 1 N–H and O–H groups in total. The Balaban J connectivity index is 2.05. The first-order valence-corrected chi connectivity index (χ1v) is 10.4. The number of halogens is 1. The average molecular weight is 532 g/mol. The molecule has 0 aromatic heterocycles. The topological polar surface area (TPSA) is 84.9 Å². The second kappa shape index (κ2) is 9.34. The Labute approximate surface area is 193 Å². The fourth-order valence-electron chi connectivity index (χ4n) is 3.11. The van der Waals surface area contributed by atoms with Crippen molar-refractivity contribution < 1.29 is 23.9 Å². The maximum atomic E-state index is 13.2. The number of amides is 4. The van der Waals surface area contributed by atoms with Gasteiger partial charge in [-0.15, -0.1) is 0 Å². The summed E-state index contributed by atoms with van der Waals surface area (Å²) in [6.07, 6.45) is 3.06. The van der Waals surface area contributed by atoms with Crippen molar-refractivity contribution in [2.75, 3.05) is 18.6 Å². The molecule has 0 spiro atoms. The Morgan fingerprint density at radius 1 is 1.16 bits per heavy atom. The largest absolute Gasteiger partial charge is 0.493 e. The van der Waals surface area contributed by atoms with E-state index in [1.165, 1.54) is 13.2 Å². The van der Waals surface area contributed by atoms with E-state index in [4.69, 9.17) is 9.47 Å². The monoisotopic (exact) mass is 532 g/mol. The molecule has 3 rings (SSSR count). The Morgan fingerprint density at radius 3 is 2.58 bits per heavy atom. The van der Waals surface area contributed by atoms with Crippen LogP contribution in [0.4, 0.5) is 10.5 Å². The quantitative estimate of drug-likeness (QED) is 0.262. The van der Waals surface area contributed by atoms with Crippen LogP contribution in [-0.2, 0) is 9.59 Å². The number of barbiturate groups is 1. The van der Waals surface area contributed by atoms with Crippen molar-refractivity contribution in [1.82, 2.24) is 5.32 Å². The molecule has 1 heterocycles. The fourth-order valence-corrected chi connectivity index (χ4v) is 3.89. The number of urea groups is 1. The van der Waals surface area contributed by atoms with Crippen LogP contribution in [0.25, 0.3) is 6.08 Å². The lowest BCUT2D eigenvalue weighted by Crippen LogP contribution is -2.54. The number of carbonyl (C=O) groups excluding carboxylic acids is 3. The highest BCUT2D eigenvalue weighted by Crippen LogP contribution is 2.35. The minimum absolute atomic E-state index is 0.155. The van der Waals surface area contributed by atoms with Crippen LogP contribution < -0.4 is 19.7 Å². The van der Waals surface area contributed by atoms with Gasteiger partial charge < -0.3 is 9.47 Å². The van der Waals surface area contributed by atoms with Gasteiger partial charge in [0.15, 0.2) is 11.5 Å². The van der Waals surface area contributed by atoms with Gasteiger partial charge in [0.25, 0.3) is 11.8 Å². The number of methoxy groups -OCH3 is 1. The van der Waals surface area contributed by atoms with Gasteiger partial charge in [-0.05, 0) is 77.4 Å². The van der Waals surface area contributed by atoms with Crippen LogP contribution in [0.2, 0.25) is 0 Å². The van der Waals surface area contributed by atoms with Crippen molar-refractivity contribution in [3.63, 3.8) is 0 Å². The van der Waals surface area contributed by atoms with Gasteiger partial charge in [0.05, 0.1) is 16.4 Å². The van der Waals surface area contributed by atoms with Crippen molar-refractivity contribution in [3.05, 3.63) is 68.8 Å². The summed E-state index contributed by atoms with van der Waals surface area (Å²) < 4.78 is 11.8. The van der Waals surface area contributed by atoms with E-state index < -0.39 is 17.8 Å². The van der Waals surface area contributed by atoms with Crippen LogP contribution in [0.3, 0.4) is 0 Å². The molecule has 0 atom stereocenters. The predicted molar refractivity (Wildman–Crippen MR) is 126 cm³/mol. The molecule has 1 fully saturated rings. The van der Waals surface area contributed by atoms with Crippen molar-refractivity contribution in [2.45, 2.75) is 13.8 Å². The van der Waals surface area contributed by atoms with Gasteiger partial charge in [0, 0.05) is 0 Å². The molecule has 0 unspecified atom stereocenters. The van der Waals surface area contributed by atoms with Gasteiger partial charge in [-0.25, -0.2) is 9.69 Å². The van der Waals surface area contributed by atoms with Gasteiger partial charge in [0.2, 0.25) is 0 Å². The maximum Gasteiger partial charge on any atom is 0.335 e. The van der Waals surface area contributed by atoms with Crippen LogP contribution in [0, 0.1) is 17.4 Å². The molecular weight excluding hydrogens is 511 g/mol. The highest BCUT2D eigenvalue weighted by atomic mass is 127. The summed E-state index contributed by atoms with van der Waals surface area (Å²) >= 11 is 2.09.